The van der Waals surface area contributed by atoms with E-state index in [1.165, 1.54) is 24.0 Å². The van der Waals surface area contributed by atoms with Crippen molar-refractivity contribution in [2.75, 3.05) is 18.4 Å². The average molecular weight is 402 g/mol. The Kier molecular flexibility index (Phi) is 4.73. The number of non-ortho nitro benzene ring substituents is 1. The summed E-state index contributed by atoms with van der Waals surface area (Å²) in [5.41, 5.74) is -1.97. The summed E-state index contributed by atoms with van der Waals surface area (Å²) in [7, 11) is 0. The molecule has 1 aromatic rings. The van der Waals surface area contributed by atoms with Gasteiger partial charge in [0.25, 0.3) is 23.1 Å². The first-order valence-electron chi connectivity index (χ1n) is 9.68. The Morgan fingerprint density at radius 2 is 2.07 bits per heavy atom. The van der Waals surface area contributed by atoms with Gasteiger partial charge in [0, 0.05) is 18.7 Å². The molecule has 2 aliphatic heterocycles. The van der Waals surface area contributed by atoms with E-state index in [9.17, 15) is 24.5 Å². The zero-order valence-corrected chi connectivity index (χ0v) is 16.0. The summed E-state index contributed by atoms with van der Waals surface area (Å²) in [6.07, 6.45) is 2.91. The molecule has 1 saturated carbocycles. The summed E-state index contributed by atoms with van der Waals surface area (Å²) in [6.45, 7) is 2.63. The van der Waals surface area contributed by atoms with Crippen LogP contribution in [0.1, 0.15) is 32.6 Å². The summed E-state index contributed by atoms with van der Waals surface area (Å²) >= 11 is 0. The molecule has 0 bridgehead atoms. The second kappa shape index (κ2) is 7.11. The van der Waals surface area contributed by atoms with E-state index in [1.807, 2.05) is 0 Å². The van der Waals surface area contributed by atoms with Crippen LogP contribution in [0.3, 0.4) is 0 Å². The fraction of sp³-hybridized carbons (Fsp3) is 0.526. The molecule has 29 heavy (non-hydrogen) atoms. The van der Waals surface area contributed by atoms with Crippen molar-refractivity contribution in [2.45, 2.75) is 44.2 Å². The molecule has 3 amide bonds. The molecule has 0 spiro atoms. The largest absolute Gasteiger partial charge is 0.465 e. The lowest BCUT2D eigenvalue weighted by Crippen LogP contribution is -2.62. The Bertz CT molecular complexity index is 893. The van der Waals surface area contributed by atoms with Crippen molar-refractivity contribution >= 4 is 29.1 Å². The summed E-state index contributed by atoms with van der Waals surface area (Å²) in [6, 6.07) is 3.52. The van der Waals surface area contributed by atoms with Crippen molar-refractivity contribution in [3.8, 4) is 5.75 Å². The molecule has 10 heteroatoms. The van der Waals surface area contributed by atoms with Gasteiger partial charge in [0.15, 0.2) is 5.75 Å². The number of carbonyl (C=O) groups is 3. The highest BCUT2D eigenvalue weighted by atomic mass is 16.6. The van der Waals surface area contributed by atoms with Gasteiger partial charge < -0.3 is 15.4 Å². The molecule has 0 aromatic heterocycles. The number of hydrogen-bond acceptors (Lipinski definition) is 7. The van der Waals surface area contributed by atoms with Gasteiger partial charge in [0.05, 0.1) is 22.6 Å². The van der Waals surface area contributed by atoms with Crippen molar-refractivity contribution in [1.82, 2.24) is 10.2 Å². The van der Waals surface area contributed by atoms with Crippen LogP contribution in [0, 0.1) is 16.0 Å². The van der Waals surface area contributed by atoms with Crippen LogP contribution in [0.2, 0.25) is 0 Å². The van der Waals surface area contributed by atoms with E-state index in [4.69, 9.17) is 4.74 Å². The van der Waals surface area contributed by atoms with Gasteiger partial charge in [-0.25, -0.2) is 0 Å². The van der Waals surface area contributed by atoms with E-state index in [1.54, 1.807) is 0 Å². The second-order valence-electron chi connectivity index (χ2n) is 7.81. The molecule has 2 heterocycles. The number of benzene rings is 1. The fourth-order valence-electron chi connectivity index (χ4n) is 3.73. The minimum atomic E-state index is -1.98. The van der Waals surface area contributed by atoms with Gasteiger partial charge in [0.2, 0.25) is 5.91 Å². The Balaban J connectivity index is 1.63. The number of nitro groups is 1. The SMILES string of the molecule is CC1(C(=O)N(C(=O)C2CCCNC2)C2CC2)Oc2cc([N+](=O)[O-])ccc2NC1=O. The number of nitro benzene ring substituents is 1. The molecule has 2 unspecified atom stereocenters. The first-order chi connectivity index (χ1) is 13.8. The van der Waals surface area contributed by atoms with E-state index in [0.717, 1.165) is 19.0 Å². The lowest BCUT2D eigenvalue weighted by Gasteiger charge is -2.37. The van der Waals surface area contributed by atoms with Gasteiger partial charge in [-0.2, -0.15) is 0 Å². The number of fused-ring (bicyclic) bond motifs is 1. The number of amides is 3. The standard InChI is InChI=1S/C19H22N4O6/c1-19(17(25)21-14-7-6-13(23(27)28)9-15(14)29-19)18(26)22(12-4-5-12)16(24)11-3-2-8-20-10-11/h6-7,9,11-12,20H,2-5,8,10H2,1H3,(H,21,25). The number of carbonyl (C=O) groups excluding carboxylic acids is 3. The number of ether oxygens (including phenoxy) is 1. The first kappa shape index (κ1) is 19.3. The summed E-state index contributed by atoms with van der Waals surface area (Å²) in [5.74, 6) is -2.03. The van der Waals surface area contributed by atoms with Crippen LogP contribution in [0.25, 0.3) is 0 Å². The Morgan fingerprint density at radius 3 is 2.69 bits per heavy atom. The molecule has 0 radical (unpaired) electrons. The molecule has 2 atom stereocenters. The molecule has 1 aliphatic carbocycles. The second-order valence-corrected chi connectivity index (χ2v) is 7.81. The van der Waals surface area contributed by atoms with E-state index in [-0.39, 0.29) is 35.0 Å². The third-order valence-electron chi connectivity index (χ3n) is 5.59. The summed E-state index contributed by atoms with van der Waals surface area (Å²) in [5, 5.41) is 16.8. The molecular weight excluding hydrogens is 380 g/mol. The third kappa shape index (κ3) is 3.44. The molecule has 10 nitrogen and oxygen atoms in total. The van der Waals surface area contributed by atoms with Gasteiger partial charge in [-0.15, -0.1) is 0 Å². The quantitative estimate of drug-likeness (QED) is 0.335. The van der Waals surface area contributed by atoms with Gasteiger partial charge in [-0.05, 0) is 45.2 Å². The van der Waals surface area contributed by atoms with Crippen LogP contribution < -0.4 is 15.4 Å². The maximum Gasteiger partial charge on any atom is 0.283 e. The smallest absolute Gasteiger partial charge is 0.283 e. The number of rotatable bonds is 4. The lowest BCUT2D eigenvalue weighted by atomic mass is 9.95. The number of nitrogens with zero attached hydrogens (tertiary/aromatic N) is 2. The van der Waals surface area contributed by atoms with Crippen molar-refractivity contribution in [3.63, 3.8) is 0 Å². The normalized spacial score (nSPS) is 26.0. The highest BCUT2D eigenvalue weighted by Crippen LogP contribution is 2.39. The van der Waals surface area contributed by atoms with Crippen molar-refractivity contribution in [3.05, 3.63) is 28.3 Å². The number of piperidine rings is 1. The number of anilines is 1. The zero-order valence-electron chi connectivity index (χ0n) is 16.0. The Morgan fingerprint density at radius 1 is 1.31 bits per heavy atom. The summed E-state index contributed by atoms with van der Waals surface area (Å²) < 4.78 is 5.71. The predicted molar refractivity (Wildman–Crippen MR) is 101 cm³/mol. The highest BCUT2D eigenvalue weighted by Gasteiger charge is 2.54. The molecule has 1 saturated heterocycles. The number of hydrogen-bond donors (Lipinski definition) is 2. The van der Waals surface area contributed by atoms with Crippen molar-refractivity contribution < 1.29 is 24.0 Å². The molecule has 3 aliphatic rings. The lowest BCUT2D eigenvalue weighted by molar-refractivity contribution is -0.385. The minimum Gasteiger partial charge on any atom is -0.465 e. The van der Waals surface area contributed by atoms with Crippen molar-refractivity contribution in [1.29, 1.82) is 0 Å². The van der Waals surface area contributed by atoms with Crippen LogP contribution >= 0.6 is 0 Å². The van der Waals surface area contributed by atoms with E-state index >= 15 is 0 Å². The van der Waals surface area contributed by atoms with Gasteiger partial charge in [0.1, 0.15) is 0 Å². The molecule has 154 valence electrons. The zero-order chi connectivity index (χ0) is 20.8. The molecule has 4 rings (SSSR count). The maximum absolute atomic E-state index is 13.4. The molecular formula is C19H22N4O6. The highest BCUT2D eigenvalue weighted by molar-refractivity contribution is 6.18. The Labute approximate surface area is 166 Å². The molecule has 2 fully saturated rings. The van der Waals surface area contributed by atoms with Gasteiger partial charge >= 0.3 is 0 Å². The topological polar surface area (TPSA) is 131 Å². The number of imide groups is 1. The molecule has 2 N–H and O–H groups in total. The van der Waals surface area contributed by atoms with Crippen LogP contribution in [0.15, 0.2) is 18.2 Å². The molecule has 1 aromatic carbocycles. The average Bonchev–Trinajstić information content (AvgIpc) is 3.54. The summed E-state index contributed by atoms with van der Waals surface area (Å²) in [4.78, 5) is 50.9. The predicted octanol–water partition coefficient (Wildman–Crippen LogP) is 1.20. The van der Waals surface area contributed by atoms with Crippen LogP contribution in [-0.4, -0.2) is 52.3 Å². The van der Waals surface area contributed by atoms with Gasteiger partial charge in [-0.1, -0.05) is 0 Å². The monoisotopic (exact) mass is 402 g/mol. The van der Waals surface area contributed by atoms with Crippen LogP contribution in [0.4, 0.5) is 11.4 Å². The Hall–Kier alpha value is -3.01. The van der Waals surface area contributed by atoms with E-state index in [0.29, 0.717) is 25.8 Å². The fourth-order valence-corrected chi connectivity index (χ4v) is 3.73. The minimum absolute atomic E-state index is 0.0252. The third-order valence-corrected chi connectivity index (χ3v) is 5.59. The van der Waals surface area contributed by atoms with Crippen LogP contribution in [0.5, 0.6) is 5.75 Å². The van der Waals surface area contributed by atoms with E-state index < -0.39 is 22.3 Å². The van der Waals surface area contributed by atoms with Crippen LogP contribution in [-0.2, 0) is 14.4 Å². The van der Waals surface area contributed by atoms with Gasteiger partial charge in [-0.3, -0.25) is 29.4 Å². The number of nitrogens with one attached hydrogen (secondary N) is 2. The van der Waals surface area contributed by atoms with Crippen molar-refractivity contribution in [2.24, 2.45) is 5.92 Å². The first-order valence-corrected chi connectivity index (χ1v) is 9.68. The van der Waals surface area contributed by atoms with E-state index in [2.05, 4.69) is 10.6 Å². The maximum atomic E-state index is 13.4.